The average molecular weight is 394 g/mol. The van der Waals surface area contributed by atoms with E-state index < -0.39 is 0 Å². The number of nitrogens with zero attached hydrogens (tertiary/aromatic N) is 2. The SMILES string of the molecule is Cc1ccc2c(oc3ncc4ccccc4c32)c1-c1cc(C2CCCC2)cc[n+]1C. The fraction of sp³-hybridized carbons (Fsp3) is 0.259. The van der Waals surface area contributed by atoms with Crippen molar-refractivity contribution >= 4 is 32.8 Å². The van der Waals surface area contributed by atoms with Gasteiger partial charge in [0.1, 0.15) is 7.05 Å². The van der Waals surface area contributed by atoms with Gasteiger partial charge in [0.05, 0.1) is 10.9 Å². The van der Waals surface area contributed by atoms with Crippen LogP contribution in [-0.2, 0) is 7.05 Å². The first kappa shape index (κ1) is 17.6. The molecule has 0 amide bonds. The Morgan fingerprint density at radius 2 is 1.83 bits per heavy atom. The maximum Gasteiger partial charge on any atom is 0.227 e. The largest absolute Gasteiger partial charge is 0.437 e. The quantitative estimate of drug-likeness (QED) is 0.317. The van der Waals surface area contributed by atoms with E-state index in [0.29, 0.717) is 11.6 Å². The van der Waals surface area contributed by atoms with Crippen LogP contribution < -0.4 is 4.57 Å². The molecule has 6 rings (SSSR count). The number of furan rings is 1. The summed E-state index contributed by atoms with van der Waals surface area (Å²) in [6, 6.07) is 17.5. The standard InChI is InChI=1S/C27H25N2O/c1-17-11-12-22-25-21-10-6-5-9-20(21)16-28-27(25)30-26(22)24(17)23-15-19(13-14-29(23)2)18-7-3-4-8-18/h5-6,9-16,18H,3-4,7-8H2,1-2H3/q+1. The molecule has 0 aliphatic heterocycles. The molecule has 2 aromatic carbocycles. The van der Waals surface area contributed by atoms with Crippen molar-refractivity contribution < 1.29 is 8.98 Å². The molecule has 0 N–H and O–H groups in total. The van der Waals surface area contributed by atoms with E-state index in [1.807, 2.05) is 6.20 Å². The molecule has 0 unspecified atom stereocenters. The number of pyridine rings is 2. The molecule has 1 aliphatic rings. The van der Waals surface area contributed by atoms with Gasteiger partial charge in [-0.15, -0.1) is 0 Å². The van der Waals surface area contributed by atoms with Crippen LogP contribution in [-0.4, -0.2) is 4.98 Å². The highest BCUT2D eigenvalue weighted by molar-refractivity contribution is 6.19. The Morgan fingerprint density at radius 3 is 2.70 bits per heavy atom. The van der Waals surface area contributed by atoms with Crippen LogP contribution in [0.15, 0.2) is 65.3 Å². The van der Waals surface area contributed by atoms with Crippen molar-refractivity contribution in [1.29, 1.82) is 0 Å². The highest BCUT2D eigenvalue weighted by Gasteiger charge is 2.25. The molecule has 1 saturated carbocycles. The average Bonchev–Trinajstić information content (AvgIpc) is 3.42. The van der Waals surface area contributed by atoms with Gasteiger partial charge < -0.3 is 4.42 Å². The minimum Gasteiger partial charge on any atom is -0.437 e. The Morgan fingerprint density at radius 1 is 1.00 bits per heavy atom. The van der Waals surface area contributed by atoms with Crippen molar-refractivity contribution in [2.45, 2.75) is 38.5 Å². The number of hydrogen-bond acceptors (Lipinski definition) is 2. The van der Waals surface area contributed by atoms with E-state index in [1.54, 1.807) is 0 Å². The van der Waals surface area contributed by atoms with Crippen LogP contribution in [0.4, 0.5) is 0 Å². The first-order chi connectivity index (χ1) is 14.7. The molecule has 3 aromatic heterocycles. The zero-order valence-electron chi connectivity index (χ0n) is 17.5. The van der Waals surface area contributed by atoms with E-state index in [1.165, 1.54) is 53.5 Å². The molecule has 0 saturated heterocycles. The molecule has 0 spiro atoms. The van der Waals surface area contributed by atoms with E-state index in [4.69, 9.17) is 4.42 Å². The molecule has 3 heteroatoms. The van der Waals surface area contributed by atoms with E-state index in [9.17, 15) is 0 Å². The molecule has 0 atom stereocenters. The van der Waals surface area contributed by atoms with Gasteiger partial charge in [-0.2, -0.15) is 0 Å². The predicted molar refractivity (Wildman–Crippen MR) is 122 cm³/mol. The Balaban J connectivity index is 1.66. The molecular weight excluding hydrogens is 368 g/mol. The Hall–Kier alpha value is -3.20. The maximum absolute atomic E-state index is 6.42. The summed E-state index contributed by atoms with van der Waals surface area (Å²) in [4.78, 5) is 4.64. The second-order valence-corrected chi connectivity index (χ2v) is 8.70. The Bertz CT molecular complexity index is 1420. The van der Waals surface area contributed by atoms with E-state index in [2.05, 4.69) is 78.3 Å². The van der Waals surface area contributed by atoms with Crippen LogP contribution in [0.1, 0.15) is 42.7 Å². The Labute approximate surface area is 176 Å². The lowest BCUT2D eigenvalue weighted by Crippen LogP contribution is -2.31. The summed E-state index contributed by atoms with van der Waals surface area (Å²) in [6.45, 7) is 2.18. The van der Waals surface area contributed by atoms with Gasteiger partial charge in [0, 0.05) is 29.1 Å². The van der Waals surface area contributed by atoms with Crippen LogP contribution in [0.25, 0.3) is 44.1 Å². The molecule has 3 heterocycles. The number of rotatable bonds is 2. The van der Waals surface area contributed by atoms with Crippen LogP contribution in [0, 0.1) is 6.92 Å². The number of aromatic nitrogens is 2. The maximum atomic E-state index is 6.42. The third-order valence-corrected chi connectivity index (χ3v) is 6.86. The van der Waals surface area contributed by atoms with Crippen molar-refractivity contribution in [1.82, 2.24) is 4.98 Å². The minimum atomic E-state index is 0.686. The van der Waals surface area contributed by atoms with Crippen LogP contribution in [0.3, 0.4) is 0 Å². The summed E-state index contributed by atoms with van der Waals surface area (Å²) in [5.74, 6) is 0.686. The van der Waals surface area contributed by atoms with E-state index in [-0.39, 0.29) is 0 Å². The summed E-state index contributed by atoms with van der Waals surface area (Å²) < 4.78 is 8.64. The summed E-state index contributed by atoms with van der Waals surface area (Å²) in [7, 11) is 2.13. The van der Waals surface area contributed by atoms with Crippen molar-refractivity contribution in [2.24, 2.45) is 7.05 Å². The fourth-order valence-electron chi connectivity index (χ4n) is 5.23. The van der Waals surface area contributed by atoms with Crippen molar-refractivity contribution in [3.8, 4) is 11.3 Å². The van der Waals surface area contributed by atoms with Crippen LogP contribution in [0.2, 0.25) is 0 Å². The first-order valence-corrected chi connectivity index (χ1v) is 10.9. The van der Waals surface area contributed by atoms with Crippen molar-refractivity contribution in [3.63, 3.8) is 0 Å². The lowest BCUT2D eigenvalue weighted by Gasteiger charge is -2.11. The molecule has 0 radical (unpaired) electrons. The monoisotopic (exact) mass is 393 g/mol. The van der Waals surface area contributed by atoms with Crippen LogP contribution >= 0.6 is 0 Å². The van der Waals surface area contributed by atoms with Gasteiger partial charge >= 0.3 is 0 Å². The van der Waals surface area contributed by atoms with Gasteiger partial charge in [-0.25, -0.2) is 9.55 Å². The summed E-state index contributed by atoms with van der Waals surface area (Å²) >= 11 is 0. The number of benzene rings is 2. The van der Waals surface area contributed by atoms with Gasteiger partial charge in [0.15, 0.2) is 11.8 Å². The van der Waals surface area contributed by atoms with Gasteiger partial charge in [0.2, 0.25) is 11.4 Å². The third kappa shape index (κ3) is 2.58. The molecule has 0 bridgehead atoms. The van der Waals surface area contributed by atoms with Gasteiger partial charge in [-0.1, -0.05) is 49.2 Å². The predicted octanol–water partition coefficient (Wildman–Crippen LogP) is 6.59. The lowest BCUT2D eigenvalue weighted by atomic mass is 9.94. The lowest BCUT2D eigenvalue weighted by molar-refractivity contribution is -0.660. The molecule has 1 fully saturated rings. The topological polar surface area (TPSA) is 29.9 Å². The second-order valence-electron chi connectivity index (χ2n) is 8.70. The molecule has 3 nitrogen and oxygen atoms in total. The second kappa shape index (κ2) is 6.66. The number of fused-ring (bicyclic) bond motifs is 5. The summed E-state index contributed by atoms with van der Waals surface area (Å²) in [6.07, 6.45) is 9.41. The van der Waals surface area contributed by atoms with Crippen molar-refractivity contribution in [2.75, 3.05) is 0 Å². The molecule has 5 aromatic rings. The summed E-state index contributed by atoms with van der Waals surface area (Å²) in [5.41, 5.74) is 6.72. The highest BCUT2D eigenvalue weighted by Crippen LogP contribution is 2.40. The van der Waals surface area contributed by atoms with Crippen molar-refractivity contribution in [3.05, 3.63) is 72.1 Å². The van der Waals surface area contributed by atoms with Gasteiger partial charge in [0.25, 0.3) is 0 Å². The number of hydrogen-bond donors (Lipinski definition) is 0. The fourth-order valence-corrected chi connectivity index (χ4v) is 5.23. The molecular formula is C27H25N2O+. The van der Waals surface area contributed by atoms with Gasteiger partial charge in [-0.3, -0.25) is 0 Å². The highest BCUT2D eigenvalue weighted by atomic mass is 16.3. The Kier molecular flexibility index (Phi) is 3.92. The zero-order chi connectivity index (χ0) is 20.2. The third-order valence-electron chi connectivity index (χ3n) is 6.86. The zero-order valence-corrected chi connectivity index (χ0v) is 17.5. The summed E-state index contributed by atoms with van der Waals surface area (Å²) in [5, 5.41) is 4.59. The first-order valence-electron chi connectivity index (χ1n) is 10.9. The normalized spacial score (nSPS) is 15.0. The number of aryl methyl sites for hydroxylation is 2. The molecule has 30 heavy (non-hydrogen) atoms. The van der Waals surface area contributed by atoms with E-state index in [0.717, 1.165) is 21.7 Å². The van der Waals surface area contributed by atoms with Crippen LogP contribution in [0.5, 0.6) is 0 Å². The van der Waals surface area contributed by atoms with E-state index >= 15 is 0 Å². The smallest absolute Gasteiger partial charge is 0.227 e. The molecule has 1 aliphatic carbocycles. The molecule has 148 valence electrons. The van der Waals surface area contributed by atoms with Gasteiger partial charge in [-0.05, 0) is 42.2 Å². The minimum absolute atomic E-state index is 0.686.